The maximum atomic E-state index is 12.9. The summed E-state index contributed by atoms with van der Waals surface area (Å²) in [7, 11) is -3.55. The second-order valence-corrected chi connectivity index (χ2v) is 11.7. The van der Waals surface area contributed by atoms with E-state index < -0.39 is 15.9 Å². The van der Waals surface area contributed by atoms with Crippen molar-refractivity contribution in [3.8, 4) is 0 Å². The van der Waals surface area contributed by atoms with E-state index in [1.54, 1.807) is 24.3 Å². The number of benzene rings is 1. The summed E-state index contributed by atoms with van der Waals surface area (Å²) in [5.41, 5.74) is 0.586. The fraction of sp³-hybridized carbons (Fsp3) is 0.545. The monoisotopic (exact) mass is 491 g/mol. The zero-order valence-corrected chi connectivity index (χ0v) is 20.5. The van der Waals surface area contributed by atoms with Crippen molar-refractivity contribution >= 4 is 44.0 Å². The van der Waals surface area contributed by atoms with E-state index in [1.807, 2.05) is 0 Å². The lowest BCUT2D eigenvalue weighted by atomic mass is 10.0. The van der Waals surface area contributed by atoms with Crippen molar-refractivity contribution in [1.82, 2.24) is 14.5 Å². The Bertz CT molecular complexity index is 1110. The standard InChI is InChI=1S/C22H29N5O4S2/c1-3-4-19-24-25-22(32-19)23-21(29)16-13-20(28)27(14-16)17-5-7-18(8-6-17)33(30,31)26-11-9-15(2)10-12-26/h5-8,15-16H,3-4,9-14H2,1-2H3,(H,23,25,29)/t16-/m1/s1. The Kier molecular flexibility index (Phi) is 7.10. The van der Waals surface area contributed by atoms with Crippen LogP contribution in [0.4, 0.5) is 10.8 Å². The fourth-order valence-corrected chi connectivity index (χ4v) is 6.45. The van der Waals surface area contributed by atoms with Gasteiger partial charge in [-0.3, -0.25) is 9.59 Å². The summed E-state index contributed by atoms with van der Waals surface area (Å²) < 4.78 is 27.4. The number of piperidine rings is 1. The van der Waals surface area contributed by atoms with Crippen LogP contribution >= 0.6 is 11.3 Å². The molecule has 178 valence electrons. The quantitative estimate of drug-likeness (QED) is 0.637. The van der Waals surface area contributed by atoms with E-state index in [-0.39, 0.29) is 29.7 Å². The molecule has 9 nitrogen and oxygen atoms in total. The van der Waals surface area contributed by atoms with Gasteiger partial charge in [-0.2, -0.15) is 4.31 Å². The number of nitrogens with one attached hydrogen (secondary N) is 1. The Morgan fingerprint density at radius 3 is 2.55 bits per heavy atom. The number of hydrogen-bond donors (Lipinski definition) is 1. The van der Waals surface area contributed by atoms with Crippen LogP contribution in [0.5, 0.6) is 0 Å². The van der Waals surface area contributed by atoms with E-state index in [0.29, 0.717) is 29.8 Å². The molecule has 2 amide bonds. The first kappa shape index (κ1) is 23.8. The average molecular weight is 492 g/mol. The van der Waals surface area contributed by atoms with Crippen molar-refractivity contribution in [1.29, 1.82) is 0 Å². The molecule has 0 spiro atoms. The summed E-state index contributed by atoms with van der Waals surface area (Å²) in [5, 5.41) is 12.1. The van der Waals surface area contributed by atoms with Crippen LogP contribution in [0.2, 0.25) is 0 Å². The van der Waals surface area contributed by atoms with Crippen LogP contribution in [-0.2, 0) is 26.0 Å². The van der Waals surface area contributed by atoms with Crippen molar-refractivity contribution in [3.63, 3.8) is 0 Å². The lowest BCUT2D eigenvalue weighted by molar-refractivity contribution is -0.122. The molecule has 2 aliphatic heterocycles. The number of sulfonamides is 1. The molecule has 0 unspecified atom stereocenters. The maximum absolute atomic E-state index is 12.9. The number of carbonyl (C=O) groups is 2. The first-order valence-electron chi connectivity index (χ1n) is 11.3. The Morgan fingerprint density at radius 1 is 1.18 bits per heavy atom. The third kappa shape index (κ3) is 5.25. The lowest BCUT2D eigenvalue weighted by Gasteiger charge is -2.29. The number of rotatable bonds is 7. The minimum Gasteiger partial charge on any atom is -0.312 e. The highest BCUT2D eigenvalue weighted by Crippen LogP contribution is 2.29. The topological polar surface area (TPSA) is 113 Å². The third-order valence-corrected chi connectivity index (χ3v) is 9.00. The van der Waals surface area contributed by atoms with E-state index in [1.165, 1.54) is 20.5 Å². The van der Waals surface area contributed by atoms with Crippen molar-refractivity contribution < 1.29 is 18.0 Å². The van der Waals surface area contributed by atoms with Crippen molar-refractivity contribution in [3.05, 3.63) is 29.3 Å². The van der Waals surface area contributed by atoms with Crippen LogP contribution in [0.3, 0.4) is 0 Å². The Hall–Kier alpha value is -2.37. The molecule has 3 heterocycles. The predicted molar refractivity (Wildman–Crippen MR) is 127 cm³/mol. The van der Waals surface area contributed by atoms with Crippen molar-refractivity contribution in [2.24, 2.45) is 11.8 Å². The molecule has 2 aliphatic rings. The highest BCUT2D eigenvalue weighted by Gasteiger charge is 2.36. The van der Waals surface area contributed by atoms with Gasteiger partial charge in [0.25, 0.3) is 0 Å². The van der Waals surface area contributed by atoms with Crippen LogP contribution in [0, 0.1) is 11.8 Å². The molecule has 1 aromatic carbocycles. The van der Waals surface area contributed by atoms with Gasteiger partial charge in [0.15, 0.2) is 0 Å². The molecular formula is C22H29N5O4S2. The van der Waals surface area contributed by atoms with Crippen LogP contribution < -0.4 is 10.2 Å². The largest absolute Gasteiger partial charge is 0.312 e. The molecule has 0 bridgehead atoms. The van der Waals surface area contributed by atoms with E-state index >= 15 is 0 Å². The van der Waals surface area contributed by atoms with Gasteiger partial charge in [-0.05, 0) is 49.4 Å². The molecule has 0 radical (unpaired) electrons. The molecule has 1 aromatic heterocycles. The minimum atomic E-state index is -3.55. The summed E-state index contributed by atoms with van der Waals surface area (Å²) in [6, 6.07) is 6.36. The van der Waals surface area contributed by atoms with Crippen molar-refractivity contribution in [2.45, 2.75) is 50.8 Å². The van der Waals surface area contributed by atoms with Gasteiger partial charge in [0.2, 0.25) is 27.0 Å². The first-order chi connectivity index (χ1) is 15.8. The Labute approximate surface area is 198 Å². The SMILES string of the molecule is CCCc1nnc(NC(=O)[C@@H]2CC(=O)N(c3ccc(S(=O)(=O)N4CCC(C)CC4)cc3)C2)s1. The normalized spacial score (nSPS) is 20.4. The Balaban J connectivity index is 1.40. The van der Waals surface area contributed by atoms with Crippen LogP contribution in [-0.4, -0.2) is 54.4 Å². The number of amides is 2. The maximum Gasteiger partial charge on any atom is 0.243 e. The van der Waals surface area contributed by atoms with Gasteiger partial charge in [-0.1, -0.05) is 25.2 Å². The highest BCUT2D eigenvalue weighted by atomic mass is 32.2. The molecule has 2 fully saturated rings. The van der Waals surface area contributed by atoms with Crippen molar-refractivity contribution in [2.75, 3.05) is 29.9 Å². The molecular weight excluding hydrogens is 462 g/mol. The average Bonchev–Trinajstić information content (AvgIpc) is 3.40. The number of nitrogens with zero attached hydrogens (tertiary/aromatic N) is 4. The second kappa shape index (κ2) is 9.86. The second-order valence-electron chi connectivity index (χ2n) is 8.73. The van der Waals surface area contributed by atoms with Gasteiger partial charge in [0, 0.05) is 38.2 Å². The van der Waals surface area contributed by atoms with E-state index in [4.69, 9.17) is 0 Å². The van der Waals surface area contributed by atoms with Crippen LogP contribution in [0.1, 0.15) is 44.5 Å². The molecule has 4 rings (SSSR count). The minimum absolute atomic E-state index is 0.0957. The molecule has 11 heteroatoms. The third-order valence-electron chi connectivity index (χ3n) is 6.19. The predicted octanol–water partition coefficient (Wildman–Crippen LogP) is 2.90. The summed E-state index contributed by atoms with van der Waals surface area (Å²) >= 11 is 1.34. The molecule has 1 N–H and O–H groups in total. The number of aromatic nitrogens is 2. The zero-order chi connectivity index (χ0) is 23.6. The number of carbonyl (C=O) groups excluding carboxylic acids is 2. The van der Waals surface area contributed by atoms with E-state index in [9.17, 15) is 18.0 Å². The number of hydrogen-bond acceptors (Lipinski definition) is 7. The van der Waals surface area contributed by atoms with Gasteiger partial charge in [-0.25, -0.2) is 8.42 Å². The van der Waals surface area contributed by atoms with Crippen LogP contribution in [0.25, 0.3) is 0 Å². The summed E-state index contributed by atoms with van der Waals surface area (Å²) in [4.78, 5) is 27.0. The van der Waals surface area contributed by atoms with Gasteiger partial charge in [0.1, 0.15) is 5.01 Å². The lowest BCUT2D eigenvalue weighted by Crippen LogP contribution is -2.37. The number of aryl methyl sites for hydroxylation is 1. The summed E-state index contributed by atoms with van der Waals surface area (Å²) in [5.74, 6) is -0.395. The summed E-state index contributed by atoms with van der Waals surface area (Å²) in [6.07, 6.45) is 3.58. The first-order valence-corrected chi connectivity index (χ1v) is 13.6. The molecule has 2 saturated heterocycles. The summed E-state index contributed by atoms with van der Waals surface area (Å²) in [6.45, 7) is 5.48. The van der Waals surface area contributed by atoms with Gasteiger partial charge >= 0.3 is 0 Å². The van der Waals surface area contributed by atoms with E-state index in [0.717, 1.165) is 30.7 Å². The number of anilines is 2. The molecule has 33 heavy (non-hydrogen) atoms. The molecule has 0 aliphatic carbocycles. The van der Waals surface area contributed by atoms with Gasteiger partial charge in [-0.15, -0.1) is 10.2 Å². The Morgan fingerprint density at radius 2 is 1.88 bits per heavy atom. The molecule has 1 atom stereocenters. The fourth-order valence-electron chi connectivity index (χ4n) is 4.13. The van der Waals surface area contributed by atoms with E-state index in [2.05, 4.69) is 29.4 Å². The molecule has 0 saturated carbocycles. The molecule has 2 aromatic rings. The van der Waals surface area contributed by atoms with Gasteiger partial charge in [0.05, 0.1) is 10.8 Å². The highest BCUT2D eigenvalue weighted by molar-refractivity contribution is 7.89. The van der Waals surface area contributed by atoms with Gasteiger partial charge < -0.3 is 10.2 Å². The smallest absolute Gasteiger partial charge is 0.243 e. The zero-order valence-electron chi connectivity index (χ0n) is 18.9. The van der Waals surface area contributed by atoms with Crippen LogP contribution in [0.15, 0.2) is 29.2 Å².